The normalized spacial score (nSPS) is 13.6. The lowest BCUT2D eigenvalue weighted by molar-refractivity contribution is -0.133. The van der Waals surface area contributed by atoms with Crippen molar-refractivity contribution in [1.82, 2.24) is 19.9 Å². The van der Waals surface area contributed by atoms with Crippen molar-refractivity contribution in [3.8, 4) is 17.0 Å². The van der Waals surface area contributed by atoms with E-state index in [9.17, 15) is 4.79 Å². The van der Waals surface area contributed by atoms with Crippen molar-refractivity contribution in [1.29, 1.82) is 5.41 Å². The third kappa shape index (κ3) is 6.11. The number of nitrogens with zero attached hydrogens (tertiary/aromatic N) is 7. The number of pyridine rings is 1. The molecule has 37 heavy (non-hydrogen) atoms. The lowest BCUT2D eigenvalue weighted by Crippen LogP contribution is -2.57. The Kier molecular flexibility index (Phi) is 8.11. The van der Waals surface area contributed by atoms with Gasteiger partial charge < -0.3 is 25.7 Å². The number of carbonyl (C=O) groups excluding carboxylic acids is 1. The van der Waals surface area contributed by atoms with E-state index in [1.165, 1.54) is 12.5 Å². The molecule has 1 aromatic carbocycles. The highest BCUT2D eigenvalue weighted by molar-refractivity contribution is 5.87. The quantitative estimate of drug-likeness (QED) is 0.156. The lowest BCUT2D eigenvalue weighted by atomic mass is 10.00. The van der Waals surface area contributed by atoms with Gasteiger partial charge in [0, 0.05) is 60.1 Å². The van der Waals surface area contributed by atoms with Gasteiger partial charge in [0.1, 0.15) is 30.3 Å². The zero-order valence-corrected chi connectivity index (χ0v) is 20.6. The summed E-state index contributed by atoms with van der Waals surface area (Å²) in [5.41, 5.74) is 11.5. The number of benzene rings is 1. The number of likely N-dealkylation sites (tertiary alicyclic amines) is 1. The Morgan fingerprint density at radius 3 is 2.89 bits per heavy atom. The van der Waals surface area contributed by atoms with E-state index >= 15 is 0 Å². The van der Waals surface area contributed by atoms with Crippen molar-refractivity contribution in [3.05, 3.63) is 70.5 Å². The monoisotopic (exact) mass is 500 g/mol. The van der Waals surface area contributed by atoms with Gasteiger partial charge in [-0.2, -0.15) is 0 Å². The molecule has 1 atom stereocenters. The molecule has 1 fully saturated rings. The molecule has 1 saturated heterocycles. The molecule has 12 heteroatoms. The minimum Gasteiger partial charge on any atom is -0.496 e. The summed E-state index contributed by atoms with van der Waals surface area (Å²) >= 11 is 0. The Morgan fingerprint density at radius 2 is 2.14 bits per heavy atom. The molecule has 0 unspecified atom stereocenters. The summed E-state index contributed by atoms with van der Waals surface area (Å²) in [6.07, 6.45) is 4.43. The second kappa shape index (κ2) is 11.8. The standard InChI is InChI=1S/C25H28N10O2/c1-16(20-5-3-4-6-22(20)37-2)10-28-23-8-21(30-15-31-23)18-7-17(9-26)25(29-11-18)33-19-13-35(14-19)24(36)12-32-34-27/h3-9,11,15-16,19,26H,10,12-14H2,1-2H3,(H,29,33)(H,28,30,31)/t16-/m1/s1. The lowest BCUT2D eigenvalue weighted by Gasteiger charge is -2.39. The summed E-state index contributed by atoms with van der Waals surface area (Å²) in [6, 6.07) is 11.7. The molecule has 190 valence electrons. The van der Waals surface area contributed by atoms with Gasteiger partial charge in [0.2, 0.25) is 5.91 Å². The van der Waals surface area contributed by atoms with Crippen molar-refractivity contribution in [2.45, 2.75) is 18.9 Å². The van der Waals surface area contributed by atoms with Crippen molar-refractivity contribution in [2.75, 3.05) is 43.9 Å². The van der Waals surface area contributed by atoms with Gasteiger partial charge in [-0.1, -0.05) is 30.2 Å². The Bertz CT molecular complexity index is 1320. The SMILES string of the molecule is COc1ccccc1[C@H](C)CNc1cc(-c2cnc(NC3CN(C(=O)CN=[N+]=[N-])C3)c(C=N)c2)ncn1. The molecule has 1 aliphatic rings. The van der Waals surface area contributed by atoms with Crippen LogP contribution in [0.4, 0.5) is 11.6 Å². The fourth-order valence-corrected chi connectivity index (χ4v) is 4.06. The third-order valence-corrected chi connectivity index (χ3v) is 6.14. The summed E-state index contributed by atoms with van der Waals surface area (Å²) in [6.45, 7) is 3.56. The maximum atomic E-state index is 11.9. The maximum Gasteiger partial charge on any atom is 0.228 e. The smallest absolute Gasteiger partial charge is 0.228 e. The van der Waals surface area contributed by atoms with Crippen LogP contribution in [-0.2, 0) is 4.79 Å². The molecule has 0 spiro atoms. The number of carbonyl (C=O) groups is 1. The molecular formula is C25H28N10O2. The molecule has 12 nitrogen and oxygen atoms in total. The van der Waals surface area contributed by atoms with Crippen LogP contribution in [0.3, 0.4) is 0 Å². The van der Waals surface area contributed by atoms with Gasteiger partial charge in [0.15, 0.2) is 0 Å². The number of azide groups is 1. The number of para-hydroxylation sites is 1. The molecule has 0 aliphatic carbocycles. The first-order valence-electron chi connectivity index (χ1n) is 11.8. The van der Waals surface area contributed by atoms with Gasteiger partial charge in [-0.05, 0) is 23.2 Å². The number of aromatic nitrogens is 3. The van der Waals surface area contributed by atoms with Gasteiger partial charge in [-0.3, -0.25) is 4.79 Å². The van der Waals surface area contributed by atoms with Crippen molar-refractivity contribution in [2.24, 2.45) is 5.11 Å². The van der Waals surface area contributed by atoms with Gasteiger partial charge in [-0.25, -0.2) is 15.0 Å². The summed E-state index contributed by atoms with van der Waals surface area (Å²) in [7, 11) is 1.67. The first-order chi connectivity index (χ1) is 18.0. The highest BCUT2D eigenvalue weighted by atomic mass is 16.5. The zero-order chi connectivity index (χ0) is 26.2. The van der Waals surface area contributed by atoms with E-state index in [-0.39, 0.29) is 24.4 Å². The number of amides is 1. The first kappa shape index (κ1) is 25.4. The Morgan fingerprint density at radius 1 is 1.32 bits per heavy atom. The molecule has 2 aromatic heterocycles. The molecule has 4 rings (SSSR count). The van der Waals surface area contributed by atoms with Crippen LogP contribution in [0.2, 0.25) is 0 Å². The highest BCUT2D eigenvalue weighted by Gasteiger charge is 2.30. The minimum absolute atomic E-state index is 0.00662. The van der Waals surface area contributed by atoms with Crippen LogP contribution in [-0.4, -0.2) is 71.3 Å². The van der Waals surface area contributed by atoms with E-state index in [0.29, 0.717) is 42.5 Å². The minimum atomic E-state index is -0.211. The van der Waals surface area contributed by atoms with Gasteiger partial charge >= 0.3 is 0 Å². The van der Waals surface area contributed by atoms with E-state index in [4.69, 9.17) is 15.7 Å². The fraction of sp³-hybridized carbons (Fsp3) is 0.320. The van der Waals surface area contributed by atoms with Crippen molar-refractivity contribution >= 4 is 23.8 Å². The average molecular weight is 501 g/mol. The number of anilines is 2. The first-order valence-corrected chi connectivity index (χ1v) is 11.8. The number of ether oxygens (including phenoxy) is 1. The van der Waals surface area contributed by atoms with Crippen LogP contribution in [0, 0.1) is 5.41 Å². The largest absolute Gasteiger partial charge is 0.496 e. The molecule has 3 N–H and O–H groups in total. The van der Waals surface area contributed by atoms with Crippen LogP contribution < -0.4 is 15.4 Å². The molecule has 0 saturated carbocycles. The fourth-order valence-electron chi connectivity index (χ4n) is 4.06. The van der Waals surface area contributed by atoms with Gasteiger partial charge in [-0.15, -0.1) is 0 Å². The van der Waals surface area contributed by atoms with Gasteiger partial charge in [0.25, 0.3) is 0 Å². The predicted octanol–water partition coefficient (Wildman–Crippen LogP) is 3.69. The van der Waals surface area contributed by atoms with Crippen LogP contribution in [0.25, 0.3) is 21.7 Å². The Labute approximate surface area is 214 Å². The second-order valence-electron chi connectivity index (χ2n) is 8.65. The molecule has 3 aromatic rings. The van der Waals surface area contributed by atoms with E-state index in [1.807, 2.05) is 30.3 Å². The van der Waals surface area contributed by atoms with E-state index in [1.54, 1.807) is 18.2 Å². The number of rotatable bonds is 11. The predicted molar refractivity (Wildman–Crippen MR) is 141 cm³/mol. The molecular weight excluding hydrogens is 472 g/mol. The highest BCUT2D eigenvalue weighted by Crippen LogP contribution is 2.27. The molecule has 1 amide bonds. The Hall–Kier alpha value is -4.70. The zero-order valence-electron chi connectivity index (χ0n) is 20.6. The number of hydrogen-bond acceptors (Lipinski definition) is 9. The number of methoxy groups -OCH3 is 1. The number of hydrogen-bond donors (Lipinski definition) is 3. The molecule has 3 heterocycles. The molecule has 0 radical (unpaired) electrons. The van der Waals surface area contributed by atoms with E-state index < -0.39 is 0 Å². The van der Waals surface area contributed by atoms with Gasteiger partial charge in [0.05, 0.1) is 18.8 Å². The Balaban J connectivity index is 1.39. The maximum absolute atomic E-state index is 11.9. The van der Waals surface area contributed by atoms with E-state index in [0.717, 1.165) is 16.9 Å². The summed E-state index contributed by atoms with van der Waals surface area (Å²) < 4.78 is 5.47. The van der Waals surface area contributed by atoms with Crippen molar-refractivity contribution in [3.63, 3.8) is 0 Å². The molecule has 1 aliphatic heterocycles. The topological polar surface area (TPSA) is 165 Å². The van der Waals surface area contributed by atoms with Crippen LogP contribution >= 0.6 is 0 Å². The third-order valence-electron chi connectivity index (χ3n) is 6.14. The summed E-state index contributed by atoms with van der Waals surface area (Å²) in [4.78, 5) is 29.3. The summed E-state index contributed by atoms with van der Waals surface area (Å²) in [5.74, 6) is 2.09. The average Bonchev–Trinajstić information content (AvgIpc) is 2.92. The van der Waals surface area contributed by atoms with Crippen LogP contribution in [0.5, 0.6) is 5.75 Å². The van der Waals surface area contributed by atoms with E-state index in [2.05, 4.69) is 48.6 Å². The van der Waals surface area contributed by atoms with Crippen LogP contribution in [0.1, 0.15) is 24.0 Å². The second-order valence-corrected chi connectivity index (χ2v) is 8.65. The molecule has 0 bridgehead atoms. The van der Waals surface area contributed by atoms with Crippen LogP contribution in [0.15, 0.2) is 54.0 Å². The number of nitrogens with one attached hydrogen (secondary N) is 3. The summed E-state index contributed by atoms with van der Waals surface area (Å²) in [5, 5.41) is 17.8. The van der Waals surface area contributed by atoms with Crippen molar-refractivity contribution < 1.29 is 9.53 Å².